The number of benzene rings is 1. The van der Waals surface area contributed by atoms with E-state index in [9.17, 15) is 27.2 Å². The first-order valence-corrected chi connectivity index (χ1v) is 5.66. The Bertz CT molecular complexity index is 691. The van der Waals surface area contributed by atoms with E-state index in [4.69, 9.17) is 0 Å². The molecule has 2 rings (SSSR count). The molecule has 2 N–H and O–H groups in total. The summed E-state index contributed by atoms with van der Waals surface area (Å²) in [4.78, 5) is 24.8. The van der Waals surface area contributed by atoms with Crippen LogP contribution in [-0.2, 0) is 4.79 Å². The maximum absolute atomic E-state index is 12.8. The van der Waals surface area contributed by atoms with Crippen molar-refractivity contribution in [3.8, 4) is 5.69 Å². The van der Waals surface area contributed by atoms with Crippen molar-refractivity contribution in [3.63, 3.8) is 0 Å². The molecule has 0 atom stereocenters. The van der Waals surface area contributed by atoms with Crippen molar-refractivity contribution in [3.05, 3.63) is 47.1 Å². The van der Waals surface area contributed by atoms with E-state index in [0.29, 0.717) is 5.69 Å². The largest absolute Gasteiger partial charge is 0.383 e. The zero-order valence-electron chi connectivity index (χ0n) is 10.3. The SMILES string of the molecule is O=C(Nc1ccc(-n2cc[nH]c2=O)cc1)C(F)(F)C(F)F. The monoisotopic (exact) mass is 303 g/mol. The van der Waals surface area contributed by atoms with E-state index in [0.717, 1.165) is 0 Å². The van der Waals surface area contributed by atoms with Gasteiger partial charge in [0.15, 0.2) is 0 Å². The van der Waals surface area contributed by atoms with E-state index in [1.165, 1.54) is 41.2 Å². The predicted molar refractivity (Wildman–Crippen MR) is 66.0 cm³/mol. The Hall–Kier alpha value is -2.58. The molecule has 21 heavy (non-hydrogen) atoms. The minimum absolute atomic E-state index is 0.0901. The van der Waals surface area contributed by atoms with Crippen molar-refractivity contribution in [1.29, 1.82) is 0 Å². The van der Waals surface area contributed by atoms with Crippen molar-refractivity contribution in [1.82, 2.24) is 9.55 Å². The van der Waals surface area contributed by atoms with Gasteiger partial charge in [0.25, 0.3) is 0 Å². The number of imidazole rings is 1. The van der Waals surface area contributed by atoms with Gasteiger partial charge in [-0.05, 0) is 24.3 Å². The van der Waals surface area contributed by atoms with Crippen LogP contribution in [0.2, 0.25) is 0 Å². The zero-order chi connectivity index (χ0) is 15.6. The standard InChI is InChI=1S/C12H9F4N3O2/c13-9(14)12(15,16)10(20)18-7-1-3-8(4-2-7)19-6-5-17-11(19)21/h1-6,9H,(H,17,21)(H,18,20). The van der Waals surface area contributed by atoms with E-state index < -0.39 is 23.9 Å². The summed E-state index contributed by atoms with van der Waals surface area (Å²) in [7, 11) is 0. The van der Waals surface area contributed by atoms with Crippen molar-refractivity contribution >= 4 is 11.6 Å². The van der Waals surface area contributed by atoms with Crippen LogP contribution in [-0.4, -0.2) is 27.8 Å². The molecule has 9 heteroatoms. The molecule has 1 amide bonds. The molecule has 0 unspecified atom stereocenters. The fourth-order valence-corrected chi connectivity index (χ4v) is 1.54. The van der Waals surface area contributed by atoms with E-state index in [-0.39, 0.29) is 5.69 Å². The van der Waals surface area contributed by atoms with Gasteiger partial charge in [-0.1, -0.05) is 0 Å². The summed E-state index contributed by atoms with van der Waals surface area (Å²) in [5.74, 6) is -6.86. The number of hydrogen-bond acceptors (Lipinski definition) is 2. The summed E-state index contributed by atoms with van der Waals surface area (Å²) in [6.45, 7) is 0. The van der Waals surface area contributed by atoms with E-state index in [1.807, 2.05) is 0 Å². The molecule has 1 heterocycles. The lowest BCUT2D eigenvalue weighted by atomic mass is 10.2. The molecule has 0 aliphatic carbocycles. The van der Waals surface area contributed by atoms with Crippen LogP contribution in [0.4, 0.5) is 23.2 Å². The Kier molecular flexibility index (Phi) is 3.83. The van der Waals surface area contributed by atoms with Gasteiger partial charge < -0.3 is 10.3 Å². The Labute approximate surface area is 115 Å². The molecule has 5 nitrogen and oxygen atoms in total. The summed E-state index contributed by atoms with van der Waals surface area (Å²) >= 11 is 0. The summed E-state index contributed by atoms with van der Waals surface area (Å²) in [6, 6.07) is 5.17. The molecule has 112 valence electrons. The maximum atomic E-state index is 12.8. The van der Waals surface area contributed by atoms with Gasteiger partial charge in [-0.3, -0.25) is 9.36 Å². The van der Waals surface area contributed by atoms with Gasteiger partial charge in [-0.25, -0.2) is 13.6 Å². The normalized spacial score (nSPS) is 11.7. The molecule has 0 spiro atoms. The first kappa shape index (κ1) is 14.8. The third kappa shape index (κ3) is 2.96. The van der Waals surface area contributed by atoms with Crippen LogP contribution < -0.4 is 11.0 Å². The van der Waals surface area contributed by atoms with Crippen LogP contribution in [0.15, 0.2) is 41.5 Å². The van der Waals surface area contributed by atoms with Crippen molar-refractivity contribution < 1.29 is 22.4 Å². The Balaban J connectivity index is 2.16. The first-order chi connectivity index (χ1) is 9.82. The van der Waals surface area contributed by atoms with Crippen molar-refractivity contribution in [2.75, 3.05) is 5.32 Å². The van der Waals surface area contributed by atoms with Gasteiger partial charge in [0.05, 0.1) is 5.69 Å². The minimum atomic E-state index is -4.77. The van der Waals surface area contributed by atoms with Gasteiger partial charge in [0, 0.05) is 18.1 Å². The molecular formula is C12H9F4N3O2. The number of H-pyrrole nitrogens is 1. The number of nitrogens with one attached hydrogen (secondary N) is 2. The molecule has 0 bridgehead atoms. The van der Waals surface area contributed by atoms with Gasteiger partial charge in [-0.15, -0.1) is 0 Å². The number of anilines is 1. The van der Waals surface area contributed by atoms with E-state index in [1.54, 1.807) is 5.32 Å². The van der Waals surface area contributed by atoms with Crippen LogP contribution in [0, 0.1) is 0 Å². The van der Waals surface area contributed by atoms with Crippen LogP contribution in [0.3, 0.4) is 0 Å². The topological polar surface area (TPSA) is 66.9 Å². The molecule has 0 saturated carbocycles. The van der Waals surface area contributed by atoms with E-state index >= 15 is 0 Å². The lowest BCUT2D eigenvalue weighted by Gasteiger charge is -2.14. The van der Waals surface area contributed by atoms with Gasteiger partial charge >= 0.3 is 23.9 Å². The smallest absolute Gasteiger partial charge is 0.321 e. The van der Waals surface area contributed by atoms with E-state index in [2.05, 4.69) is 4.98 Å². The number of halogens is 4. The lowest BCUT2D eigenvalue weighted by Crippen LogP contribution is -2.40. The fraction of sp³-hybridized carbons (Fsp3) is 0.167. The second-order valence-electron chi connectivity index (χ2n) is 4.06. The molecular weight excluding hydrogens is 294 g/mol. The second-order valence-corrected chi connectivity index (χ2v) is 4.06. The lowest BCUT2D eigenvalue weighted by molar-refractivity contribution is -0.163. The average molecular weight is 303 g/mol. The van der Waals surface area contributed by atoms with Gasteiger partial charge in [0.2, 0.25) is 0 Å². The first-order valence-electron chi connectivity index (χ1n) is 5.66. The summed E-state index contributed by atoms with van der Waals surface area (Å²) in [5.41, 5.74) is -0.0800. The molecule has 1 aromatic carbocycles. The molecule has 0 fully saturated rings. The number of rotatable bonds is 4. The number of aromatic nitrogens is 2. The third-order valence-corrected chi connectivity index (χ3v) is 2.63. The molecule has 2 aromatic rings. The van der Waals surface area contributed by atoms with Crippen LogP contribution in [0.1, 0.15) is 0 Å². The third-order valence-electron chi connectivity index (χ3n) is 2.63. The van der Waals surface area contributed by atoms with Gasteiger partial charge in [0.1, 0.15) is 0 Å². The van der Waals surface area contributed by atoms with Gasteiger partial charge in [-0.2, -0.15) is 8.78 Å². The Morgan fingerprint density at radius 2 is 1.86 bits per heavy atom. The number of nitrogens with zero attached hydrogens (tertiary/aromatic N) is 1. The molecule has 0 aliphatic heterocycles. The van der Waals surface area contributed by atoms with Crippen LogP contribution in [0.5, 0.6) is 0 Å². The molecule has 1 aromatic heterocycles. The van der Waals surface area contributed by atoms with Crippen molar-refractivity contribution in [2.45, 2.75) is 12.3 Å². The maximum Gasteiger partial charge on any atom is 0.383 e. The fourth-order valence-electron chi connectivity index (χ4n) is 1.54. The Morgan fingerprint density at radius 1 is 1.24 bits per heavy atom. The highest BCUT2D eigenvalue weighted by atomic mass is 19.3. The predicted octanol–water partition coefficient (Wildman–Crippen LogP) is 2.00. The van der Waals surface area contributed by atoms with Crippen LogP contribution in [0.25, 0.3) is 5.69 Å². The number of aromatic amines is 1. The summed E-state index contributed by atoms with van der Waals surface area (Å²) < 4.78 is 50.8. The zero-order valence-corrected chi connectivity index (χ0v) is 10.3. The number of carbonyl (C=O) groups excluding carboxylic acids is 1. The summed E-state index contributed by atoms with van der Waals surface area (Å²) in [5, 5.41) is 1.69. The number of carbonyl (C=O) groups is 1. The highest BCUT2D eigenvalue weighted by molar-refractivity contribution is 5.96. The minimum Gasteiger partial charge on any atom is -0.321 e. The summed E-state index contributed by atoms with van der Waals surface area (Å²) in [6.07, 6.45) is -1.24. The highest BCUT2D eigenvalue weighted by Crippen LogP contribution is 2.24. The Morgan fingerprint density at radius 3 is 2.33 bits per heavy atom. The average Bonchev–Trinajstić information content (AvgIpc) is 2.85. The molecule has 0 saturated heterocycles. The quantitative estimate of drug-likeness (QED) is 0.848. The molecule has 0 aliphatic rings. The highest BCUT2D eigenvalue weighted by Gasteiger charge is 2.48. The number of alkyl halides is 4. The van der Waals surface area contributed by atoms with Crippen molar-refractivity contribution in [2.24, 2.45) is 0 Å². The van der Waals surface area contributed by atoms with Crippen LogP contribution >= 0.6 is 0 Å². The number of amides is 1. The number of hydrogen-bond donors (Lipinski definition) is 2. The second kappa shape index (κ2) is 5.43. The molecule has 0 radical (unpaired) electrons.